The molecule has 5 aromatic rings. The maximum absolute atomic E-state index is 6.00. The molecule has 0 saturated heterocycles. The molecule has 1 aromatic heterocycles. The normalized spacial score (nSPS) is 11.0. The maximum Gasteiger partial charge on any atom is 0.128 e. The Morgan fingerprint density at radius 3 is 1.28 bits per heavy atom. The van der Waals surface area contributed by atoms with Gasteiger partial charge in [-0.15, -0.1) is 11.3 Å². The molecule has 4 aromatic carbocycles. The van der Waals surface area contributed by atoms with Crippen LogP contribution in [0, 0.1) is 0 Å². The zero-order valence-corrected chi connectivity index (χ0v) is 16.3. The highest BCUT2D eigenvalue weighted by Gasteiger charge is 2.09. The van der Waals surface area contributed by atoms with Crippen LogP contribution in [-0.2, 0) is 0 Å². The minimum absolute atomic E-state index is 0.713. The summed E-state index contributed by atoms with van der Waals surface area (Å²) in [7, 11) is 0. The van der Waals surface area contributed by atoms with Crippen molar-refractivity contribution in [3.8, 4) is 23.0 Å². The molecule has 5 rings (SSSR count). The third-order valence-electron chi connectivity index (χ3n) is 4.64. The van der Waals surface area contributed by atoms with E-state index in [2.05, 4.69) is 24.3 Å². The fraction of sp³-hybridized carbons (Fsp3) is 0. The minimum atomic E-state index is 0.713. The molecule has 0 fully saturated rings. The summed E-state index contributed by atoms with van der Waals surface area (Å²) < 4.78 is 14.4. The number of benzene rings is 4. The van der Waals surface area contributed by atoms with E-state index in [0.29, 0.717) is 11.4 Å². The summed E-state index contributed by atoms with van der Waals surface area (Å²) in [5.41, 5.74) is 12.9. The lowest BCUT2D eigenvalue weighted by atomic mass is 10.1. The zero-order chi connectivity index (χ0) is 19.8. The quantitative estimate of drug-likeness (QED) is 0.326. The third-order valence-corrected chi connectivity index (χ3v) is 5.80. The predicted octanol–water partition coefficient (Wildman–Crippen LogP) is 6.80. The zero-order valence-electron chi connectivity index (χ0n) is 15.5. The van der Waals surface area contributed by atoms with E-state index in [4.69, 9.17) is 20.9 Å². The first-order chi connectivity index (χ1) is 14.1. The van der Waals surface area contributed by atoms with E-state index < -0.39 is 0 Å². The Morgan fingerprint density at radius 2 is 0.862 bits per heavy atom. The van der Waals surface area contributed by atoms with Gasteiger partial charge in [0.2, 0.25) is 0 Å². The summed E-state index contributed by atoms with van der Waals surface area (Å²) in [5.74, 6) is 3.08. The van der Waals surface area contributed by atoms with Crippen molar-refractivity contribution in [3.05, 3.63) is 84.9 Å². The van der Waals surface area contributed by atoms with E-state index in [9.17, 15) is 0 Å². The molecule has 0 radical (unpaired) electrons. The van der Waals surface area contributed by atoms with Crippen LogP contribution in [0.2, 0.25) is 0 Å². The number of nitrogens with two attached hydrogens (primary N) is 2. The van der Waals surface area contributed by atoms with Crippen molar-refractivity contribution in [1.29, 1.82) is 0 Å². The summed E-state index contributed by atoms with van der Waals surface area (Å²) in [6.07, 6.45) is 0. The van der Waals surface area contributed by atoms with Crippen LogP contribution in [0.15, 0.2) is 84.9 Å². The minimum Gasteiger partial charge on any atom is -0.457 e. The number of anilines is 2. The predicted molar refractivity (Wildman–Crippen MR) is 121 cm³/mol. The highest BCUT2D eigenvalue weighted by Crippen LogP contribution is 2.39. The van der Waals surface area contributed by atoms with Crippen molar-refractivity contribution in [1.82, 2.24) is 0 Å². The number of ether oxygens (including phenoxy) is 2. The van der Waals surface area contributed by atoms with Crippen LogP contribution in [0.1, 0.15) is 0 Å². The molecule has 142 valence electrons. The monoisotopic (exact) mass is 398 g/mol. The Balaban J connectivity index is 1.50. The molecule has 5 heteroatoms. The number of thiophene rings is 1. The molecule has 0 atom stereocenters. The molecular weight excluding hydrogens is 380 g/mol. The summed E-state index contributed by atoms with van der Waals surface area (Å²) in [6.45, 7) is 0. The van der Waals surface area contributed by atoms with Crippen molar-refractivity contribution in [2.24, 2.45) is 0 Å². The van der Waals surface area contributed by atoms with E-state index in [0.717, 1.165) is 33.8 Å². The molecule has 0 saturated carbocycles. The van der Waals surface area contributed by atoms with Crippen molar-refractivity contribution in [2.45, 2.75) is 0 Å². The number of nitrogen functional groups attached to an aromatic ring is 2. The van der Waals surface area contributed by atoms with Crippen molar-refractivity contribution >= 4 is 42.9 Å². The first kappa shape index (κ1) is 17.4. The van der Waals surface area contributed by atoms with E-state index in [1.807, 2.05) is 60.7 Å². The highest BCUT2D eigenvalue weighted by atomic mass is 32.1. The van der Waals surface area contributed by atoms with E-state index in [1.165, 1.54) is 9.40 Å². The smallest absolute Gasteiger partial charge is 0.128 e. The number of fused-ring (bicyclic) bond motifs is 3. The van der Waals surface area contributed by atoms with Gasteiger partial charge in [-0.2, -0.15) is 0 Å². The number of rotatable bonds is 4. The molecule has 0 bridgehead atoms. The van der Waals surface area contributed by atoms with Gasteiger partial charge in [0.25, 0.3) is 0 Å². The summed E-state index contributed by atoms with van der Waals surface area (Å²) in [5, 5.41) is 2.28. The molecule has 0 aliphatic carbocycles. The van der Waals surface area contributed by atoms with Crippen LogP contribution in [0.3, 0.4) is 0 Å². The van der Waals surface area contributed by atoms with Gasteiger partial charge in [-0.1, -0.05) is 0 Å². The van der Waals surface area contributed by atoms with Gasteiger partial charge in [-0.05, 0) is 84.9 Å². The van der Waals surface area contributed by atoms with Crippen LogP contribution < -0.4 is 20.9 Å². The lowest BCUT2D eigenvalue weighted by Gasteiger charge is -2.07. The van der Waals surface area contributed by atoms with Gasteiger partial charge in [-0.25, -0.2) is 0 Å². The average molecular weight is 398 g/mol. The summed E-state index contributed by atoms with van der Waals surface area (Å²) >= 11 is 1.75. The molecule has 0 spiro atoms. The molecule has 0 unspecified atom stereocenters. The summed E-state index contributed by atoms with van der Waals surface area (Å²) in [6, 6.07) is 27.1. The molecule has 4 N–H and O–H groups in total. The topological polar surface area (TPSA) is 70.5 Å². The lowest BCUT2D eigenvalue weighted by Crippen LogP contribution is -1.87. The first-order valence-electron chi connectivity index (χ1n) is 9.17. The molecule has 0 aliphatic rings. The standard InChI is InChI=1S/C24H18N2O2S/c25-15-1-5-17(6-2-15)27-19-9-11-23-21(13-19)22-14-20(10-12-24(22)29-23)28-18-7-3-16(26)4-8-18/h1-14H,25-26H2. The SMILES string of the molecule is Nc1ccc(Oc2ccc3sc4ccc(Oc5ccc(N)cc5)cc4c3c2)cc1. The number of hydrogen-bond acceptors (Lipinski definition) is 5. The molecular formula is C24H18N2O2S. The van der Waals surface area contributed by atoms with Crippen LogP contribution in [0.25, 0.3) is 20.2 Å². The Morgan fingerprint density at radius 1 is 0.483 bits per heavy atom. The van der Waals surface area contributed by atoms with Gasteiger partial charge in [0.15, 0.2) is 0 Å². The Bertz CT molecular complexity index is 1210. The van der Waals surface area contributed by atoms with Gasteiger partial charge < -0.3 is 20.9 Å². The van der Waals surface area contributed by atoms with E-state index in [-0.39, 0.29) is 0 Å². The van der Waals surface area contributed by atoms with E-state index in [1.54, 1.807) is 11.3 Å². The second-order valence-electron chi connectivity index (χ2n) is 6.76. The van der Waals surface area contributed by atoms with Crippen LogP contribution in [0.4, 0.5) is 11.4 Å². The first-order valence-corrected chi connectivity index (χ1v) is 9.99. The molecule has 29 heavy (non-hydrogen) atoms. The van der Waals surface area contributed by atoms with Crippen molar-refractivity contribution < 1.29 is 9.47 Å². The van der Waals surface area contributed by atoms with Crippen molar-refractivity contribution in [2.75, 3.05) is 11.5 Å². The third kappa shape index (κ3) is 3.56. The lowest BCUT2D eigenvalue weighted by molar-refractivity contribution is 0.483. The van der Waals surface area contributed by atoms with Crippen LogP contribution in [-0.4, -0.2) is 0 Å². The van der Waals surface area contributed by atoms with Gasteiger partial charge in [0.1, 0.15) is 23.0 Å². The largest absolute Gasteiger partial charge is 0.457 e. The Hall–Kier alpha value is -3.70. The summed E-state index contributed by atoms with van der Waals surface area (Å²) in [4.78, 5) is 0. The van der Waals surface area contributed by atoms with Gasteiger partial charge in [0.05, 0.1) is 0 Å². The second-order valence-corrected chi connectivity index (χ2v) is 7.84. The highest BCUT2D eigenvalue weighted by molar-refractivity contribution is 7.25. The van der Waals surface area contributed by atoms with E-state index >= 15 is 0 Å². The maximum atomic E-state index is 6.00. The van der Waals surface area contributed by atoms with Gasteiger partial charge in [0, 0.05) is 31.5 Å². The van der Waals surface area contributed by atoms with Crippen LogP contribution in [0.5, 0.6) is 23.0 Å². The van der Waals surface area contributed by atoms with Crippen LogP contribution >= 0.6 is 11.3 Å². The fourth-order valence-electron chi connectivity index (χ4n) is 3.21. The Labute approximate surface area is 171 Å². The average Bonchev–Trinajstić information content (AvgIpc) is 3.09. The molecule has 4 nitrogen and oxygen atoms in total. The van der Waals surface area contributed by atoms with Crippen molar-refractivity contribution in [3.63, 3.8) is 0 Å². The molecule has 1 heterocycles. The Kier molecular flexibility index (Phi) is 4.22. The second kappa shape index (κ2) is 7.04. The molecule has 0 amide bonds. The molecule has 0 aliphatic heterocycles. The van der Waals surface area contributed by atoms with Gasteiger partial charge >= 0.3 is 0 Å². The fourth-order valence-corrected chi connectivity index (χ4v) is 4.27. The number of hydrogen-bond donors (Lipinski definition) is 2. The van der Waals surface area contributed by atoms with Gasteiger partial charge in [-0.3, -0.25) is 0 Å².